The number of carbonyl (C=O) groups is 1. The molecule has 4 nitrogen and oxygen atoms in total. The lowest BCUT2D eigenvalue weighted by Crippen LogP contribution is -2.65. The molecule has 0 aromatic carbocycles. The van der Waals surface area contributed by atoms with Gasteiger partial charge in [-0.3, -0.25) is 4.79 Å². The van der Waals surface area contributed by atoms with E-state index < -0.39 is 17.2 Å². The first-order valence-corrected chi connectivity index (χ1v) is 13.9. The van der Waals surface area contributed by atoms with Crippen molar-refractivity contribution in [1.29, 1.82) is 0 Å². The molecule has 11 atom stereocenters. The zero-order chi connectivity index (χ0) is 23.7. The van der Waals surface area contributed by atoms with Gasteiger partial charge in [0.1, 0.15) is 0 Å². The van der Waals surface area contributed by atoms with Gasteiger partial charge in [0.05, 0.1) is 12.0 Å². The number of rotatable bonds is 1. The molecule has 4 heteroatoms. The number of ether oxygens (including phenoxy) is 1. The van der Waals surface area contributed by atoms with Gasteiger partial charge in [-0.1, -0.05) is 27.7 Å². The summed E-state index contributed by atoms with van der Waals surface area (Å²) < 4.78 is 6.10. The molecule has 0 aromatic rings. The highest BCUT2D eigenvalue weighted by Crippen LogP contribution is 2.76. The summed E-state index contributed by atoms with van der Waals surface area (Å²) in [6.07, 6.45) is 12.2. The van der Waals surface area contributed by atoms with Crippen LogP contribution in [0, 0.1) is 56.7 Å². The first kappa shape index (κ1) is 22.8. The Hall–Kier alpha value is -0.610. The number of carboxylic acid groups (broad SMARTS) is 1. The number of aliphatic carboxylic acids is 1. The SMILES string of the molecule is C[C@@H]1[C@@]23CC[C@H]4C(CC[C@@]5(C)[C@@H]6C[C@](C)(C(=O)O)CC[C@]6(C)CC[C@]45C)[C@@H]2CC[C@@]1(O)OC3. The summed E-state index contributed by atoms with van der Waals surface area (Å²) in [5, 5.41) is 21.2. The van der Waals surface area contributed by atoms with Gasteiger partial charge in [0.25, 0.3) is 0 Å². The van der Waals surface area contributed by atoms with Crippen LogP contribution in [-0.2, 0) is 9.53 Å². The molecule has 1 aliphatic heterocycles. The second kappa shape index (κ2) is 6.58. The average Bonchev–Trinajstić information content (AvgIpc) is 2.92. The van der Waals surface area contributed by atoms with Gasteiger partial charge in [-0.2, -0.15) is 0 Å². The Bertz CT molecular complexity index is 872. The van der Waals surface area contributed by atoms with Crippen LogP contribution in [0.1, 0.15) is 105 Å². The van der Waals surface area contributed by atoms with Crippen molar-refractivity contribution < 1.29 is 19.7 Å². The molecule has 0 amide bonds. The van der Waals surface area contributed by atoms with E-state index in [0.29, 0.717) is 17.3 Å². The fraction of sp³-hybridized carbons (Fsp3) is 0.966. The van der Waals surface area contributed by atoms with Gasteiger partial charge in [-0.25, -0.2) is 0 Å². The lowest BCUT2D eigenvalue weighted by atomic mass is 9.33. The molecule has 0 radical (unpaired) electrons. The zero-order valence-electron chi connectivity index (χ0n) is 21.6. The average molecular weight is 459 g/mol. The van der Waals surface area contributed by atoms with Crippen molar-refractivity contribution in [3.8, 4) is 0 Å². The highest BCUT2D eigenvalue weighted by Gasteiger charge is 2.71. The smallest absolute Gasteiger partial charge is 0.309 e. The molecule has 33 heavy (non-hydrogen) atoms. The second-order valence-electron chi connectivity index (χ2n) is 14.7. The normalized spacial score (nSPS) is 61.9. The van der Waals surface area contributed by atoms with Gasteiger partial charge < -0.3 is 14.9 Å². The van der Waals surface area contributed by atoms with Crippen LogP contribution >= 0.6 is 0 Å². The van der Waals surface area contributed by atoms with E-state index in [1.165, 1.54) is 38.5 Å². The van der Waals surface area contributed by atoms with Crippen LogP contribution in [0.25, 0.3) is 0 Å². The fourth-order valence-electron chi connectivity index (χ4n) is 11.3. The number of aliphatic hydroxyl groups is 1. The minimum Gasteiger partial charge on any atom is -0.481 e. The molecule has 6 rings (SSSR count). The molecule has 6 aliphatic rings. The topological polar surface area (TPSA) is 66.8 Å². The second-order valence-corrected chi connectivity index (χ2v) is 14.7. The molecule has 5 aliphatic carbocycles. The van der Waals surface area contributed by atoms with Crippen LogP contribution in [-0.4, -0.2) is 28.6 Å². The molecular formula is C29H46O4. The van der Waals surface area contributed by atoms with E-state index in [1.807, 2.05) is 6.92 Å². The fourth-order valence-corrected chi connectivity index (χ4v) is 11.3. The molecule has 1 unspecified atom stereocenters. The third kappa shape index (κ3) is 2.59. The molecule has 0 aromatic heterocycles. The molecular weight excluding hydrogens is 412 g/mol. The van der Waals surface area contributed by atoms with Crippen molar-refractivity contribution in [3.63, 3.8) is 0 Å². The number of fused-ring (bicyclic) bond motifs is 7. The molecule has 2 N–H and O–H groups in total. The molecule has 2 bridgehead atoms. The summed E-state index contributed by atoms with van der Waals surface area (Å²) in [7, 11) is 0. The Morgan fingerprint density at radius 2 is 1.55 bits per heavy atom. The highest BCUT2D eigenvalue weighted by molar-refractivity contribution is 5.74. The minimum absolute atomic E-state index is 0.175. The Labute approximate surface area is 200 Å². The maximum Gasteiger partial charge on any atom is 0.309 e. The molecule has 1 heterocycles. The van der Waals surface area contributed by atoms with E-state index in [-0.39, 0.29) is 22.2 Å². The molecule has 1 spiro atoms. The van der Waals surface area contributed by atoms with Gasteiger partial charge in [0.2, 0.25) is 0 Å². The third-order valence-electron chi connectivity index (χ3n) is 14.0. The number of hydrogen-bond acceptors (Lipinski definition) is 3. The largest absolute Gasteiger partial charge is 0.481 e. The van der Waals surface area contributed by atoms with Crippen LogP contribution in [0.5, 0.6) is 0 Å². The summed E-state index contributed by atoms with van der Waals surface area (Å²) >= 11 is 0. The lowest BCUT2D eigenvalue weighted by Gasteiger charge is -2.72. The monoisotopic (exact) mass is 458 g/mol. The first-order chi connectivity index (χ1) is 15.3. The van der Waals surface area contributed by atoms with Crippen molar-refractivity contribution in [2.24, 2.45) is 56.7 Å². The van der Waals surface area contributed by atoms with Crippen molar-refractivity contribution in [3.05, 3.63) is 0 Å². The van der Waals surface area contributed by atoms with Crippen LogP contribution < -0.4 is 0 Å². The Balaban J connectivity index is 1.35. The maximum absolute atomic E-state index is 12.3. The quantitative estimate of drug-likeness (QED) is 0.486. The van der Waals surface area contributed by atoms with Crippen LogP contribution in [0.3, 0.4) is 0 Å². The van der Waals surface area contributed by atoms with Crippen LogP contribution in [0.15, 0.2) is 0 Å². The summed E-state index contributed by atoms with van der Waals surface area (Å²) in [6.45, 7) is 12.7. The highest BCUT2D eigenvalue weighted by atomic mass is 16.6. The van der Waals surface area contributed by atoms with E-state index >= 15 is 0 Å². The number of hydrogen-bond donors (Lipinski definition) is 2. The van der Waals surface area contributed by atoms with Crippen LogP contribution in [0.2, 0.25) is 0 Å². The van der Waals surface area contributed by atoms with Gasteiger partial charge >= 0.3 is 5.97 Å². The van der Waals surface area contributed by atoms with Gasteiger partial charge in [-0.15, -0.1) is 0 Å². The van der Waals surface area contributed by atoms with Crippen molar-refractivity contribution >= 4 is 5.97 Å². The summed E-state index contributed by atoms with van der Waals surface area (Å²) in [6, 6.07) is 0. The Kier molecular flexibility index (Phi) is 4.55. The number of carboxylic acids is 1. The Morgan fingerprint density at radius 1 is 0.848 bits per heavy atom. The summed E-state index contributed by atoms with van der Waals surface area (Å²) in [5.74, 6) is 1.43. The maximum atomic E-state index is 12.3. The predicted octanol–water partition coefficient (Wildman–Crippen LogP) is 6.26. The zero-order valence-corrected chi connectivity index (χ0v) is 21.6. The molecule has 1 saturated heterocycles. The standard InChI is InChI=1S/C29H46O4/c1-18-28-10-7-20-19(21(28)8-11-29(18,32)33-17-28)6-9-27(5)22-16-25(3,23(30)31)13-12-24(22,2)14-15-26(20,27)4/h18-22,32H,6-17H2,1-5H3,(H,30,31)/t18-,19?,20+,21+,22-,24-,25-,26-,27+,28+,29-/m1/s1. The first-order valence-electron chi connectivity index (χ1n) is 13.9. The van der Waals surface area contributed by atoms with E-state index in [2.05, 4.69) is 27.7 Å². The molecule has 5 saturated carbocycles. The van der Waals surface area contributed by atoms with Gasteiger partial charge in [-0.05, 0) is 111 Å². The summed E-state index contributed by atoms with van der Waals surface area (Å²) in [5.41, 5.74) is 0.406. The predicted molar refractivity (Wildman–Crippen MR) is 127 cm³/mol. The van der Waals surface area contributed by atoms with Gasteiger partial charge in [0.15, 0.2) is 5.79 Å². The van der Waals surface area contributed by atoms with Crippen molar-refractivity contribution in [2.75, 3.05) is 6.61 Å². The van der Waals surface area contributed by atoms with E-state index in [0.717, 1.165) is 50.5 Å². The van der Waals surface area contributed by atoms with Gasteiger partial charge in [0, 0.05) is 17.8 Å². The third-order valence-corrected chi connectivity index (χ3v) is 14.0. The van der Waals surface area contributed by atoms with E-state index in [9.17, 15) is 15.0 Å². The lowest BCUT2D eigenvalue weighted by molar-refractivity contribution is -0.242. The minimum atomic E-state index is -0.882. The van der Waals surface area contributed by atoms with Crippen molar-refractivity contribution in [2.45, 2.75) is 111 Å². The molecule has 186 valence electrons. The van der Waals surface area contributed by atoms with E-state index in [1.54, 1.807) is 0 Å². The van der Waals surface area contributed by atoms with Crippen molar-refractivity contribution in [1.82, 2.24) is 0 Å². The van der Waals surface area contributed by atoms with Crippen LogP contribution in [0.4, 0.5) is 0 Å². The van der Waals surface area contributed by atoms with E-state index in [4.69, 9.17) is 4.74 Å². The Morgan fingerprint density at radius 3 is 2.27 bits per heavy atom. The summed E-state index contributed by atoms with van der Waals surface area (Å²) in [4.78, 5) is 12.3. The molecule has 6 fully saturated rings.